The summed E-state index contributed by atoms with van der Waals surface area (Å²) in [6, 6.07) is 36.4. The Hall–Kier alpha value is -3.90. The van der Waals surface area contributed by atoms with Gasteiger partial charge in [0.15, 0.2) is 0 Å². The van der Waals surface area contributed by atoms with E-state index >= 15 is 0 Å². The summed E-state index contributed by atoms with van der Waals surface area (Å²) >= 11 is 0. The van der Waals surface area contributed by atoms with Gasteiger partial charge < -0.3 is 0 Å². The van der Waals surface area contributed by atoms with E-state index in [4.69, 9.17) is 0 Å². The zero-order valence-corrected chi connectivity index (χ0v) is 16.2. The standard InChI is InChI=1S/C30H16/c1-2-4-22-14-24-16-26-25(15-23(24)13-21(22)3-1)27-17-5-9-19(10-6-17)29(27)30-20-11-7-18(8-12-20)28(26)30/h1-16H. The first-order valence-corrected chi connectivity index (χ1v) is 10.5. The molecule has 0 nitrogen and oxygen atoms in total. The quantitative estimate of drug-likeness (QED) is 0.183. The minimum Gasteiger partial charge on any atom is -0.0616 e. The van der Waals surface area contributed by atoms with Gasteiger partial charge >= 0.3 is 0 Å². The van der Waals surface area contributed by atoms with Crippen LogP contribution in [0.25, 0.3) is 75.4 Å². The van der Waals surface area contributed by atoms with Gasteiger partial charge in [-0.2, -0.15) is 0 Å². The molecule has 0 unspecified atom stereocenters. The van der Waals surface area contributed by atoms with Crippen LogP contribution in [0.2, 0.25) is 0 Å². The fourth-order valence-electron chi connectivity index (χ4n) is 5.71. The third kappa shape index (κ3) is 1.70. The molecule has 30 heavy (non-hydrogen) atoms. The lowest BCUT2D eigenvalue weighted by Gasteiger charge is -2.18. The minimum absolute atomic E-state index is 1.30. The van der Waals surface area contributed by atoms with Crippen LogP contribution in [0.3, 0.4) is 0 Å². The van der Waals surface area contributed by atoms with Crippen molar-refractivity contribution in [1.82, 2.24) is 0 Å². The molecule has 0 saturated heterocycles. The van der Waals surface area contributed by atoms with Crippen molar-refractivity contribution in [1.29, 1.82) is 0 Å². The van der Waals surface area contributed by atoms with Crippen molar-refractivity contribution in [3.8, 4) is 0 Å². The number of rotatable bonds is 0. The number of benzene rings is 10. The summed E-state index contributed by atoms with van der Waals surface area (Å²) in [4.78, 5) is 0. The zero-order chi connectivity index (χ0) is 19.4. The second-order valence-corrected chi connectivity index (χ2v) is 8.60. The van der Waals surface area contributed by atoms with Crippen LogP contribution in [0.15, 0.2) is 97.1 Å². The molecule has 10 rings (SSSR count). The summed E-state index contributed by atoms with van der Waals surface area (Å²) in [5.74, 6) is 0. The van der Waals surface area contributed by atoms with Crippen LogP contribution >= 0.6 is 0 Å². The Bertz CT molecular complexity index is 1760. The van der Waals surface area contributed by atoms with Gasteiger partial charge in [0.1, 0.15) is 0 Å². The molecule has 0 fully saturated rings. The van der Waals surface area contributed by atoms with E-state index in [-0.39, 0.29) is 0 Å². The molecular weight excluding hydrogens is 360 g/mol. The van der Waals surface area contributed by atoms with E-state index in [0.717, 1.165) is 0 Å². The third-order valence-electron chi connectivity index (χ3n) is 7.05. The highest BCUT2D eigenvalue weighted by molar-refractivity contribution is 6.40. The molecule has 0 amide bonds. The summed E-state index contributed by atoms with van der Waals surface area (Å²) in [5, 5.41) is 18.9. The lowest BCUT2D eigenvalue weighted by atomic mass is 9.85. The Morgan fingerprint density at radius 3 is 1.03 bits per heavy atom. The molecule has 0 saturated carbocycles. The van der Waals surface area contributed by atoms with E-state index in [1.54, 1.807) is 0 Å². The number of hydrogen-bond acceptors (Lipinski definition) is 0. The van der Waals surface area contributed by atoms with Gasteiger partial charge in [-0.25, -0.2) is 0 Å². The predicted octanol–water partition coefficient (Wildman–Crippen LogP) is 8.63. The molecule has 136 valence electrons. The van der Waals surface area contributed by atoms with E-state index in [0.29, 0.717) is 0 Å². The Morgan fingerprint density at radius 1 is 0.267 bits per heavy atom. The average molecular weight is 376 g/mol. The Balaban J connectivity index is 1.74. The minimum atomic E-state index is 1.30. The lowest BCUT2D eigenvalue weighted by molar-refractivity contribution is 1.79. The first kappa shape index (κ1) is 15.0. The Labute approximate surface area is 172 Å². The molecule has 0 aliphatic heterocycles. The topological polar surface area (TPSA) is 0 Å². The molecule has 0 aromatic heterocycles. The van der Waals surface area contributed by atoms with E-state index in [2.05, 4.69) is 97.1 Å². The summed E-state index contributed by atoms with van der Waals surface area (Å²) in [6.45, 7) is 0. The monoisotopic (exact) mass is 376 g/mol. The average Bonchev–Trinajstić information content (AvgIpc) is 2.82. The van der Waals surface area contributed by atoms with Crippen LogP contribution in [0, 0.1) is 0 Å². The van der Waals surface area contributed by atoms with Gasteiger partial charge in [0.25, 0.3) is 0 Å². The molecule has 10 aromatic rings. The molecule has 0 spiro atoms. The van der Waals surface area contributed by atoms with Gasteiger partial charge in [0.2, 0.25) is 0 Å². The largest absolute Gasteiger partial charge is 0.0616 e. The normalized spacial score (nSPS) is 12.7. The first-order chi connectivity index (χ1) is 14.8. The van der Waals surface area contributed by atoms with Crippen molar-refractivity contribution in [3.05, 3.63) is 97.1 Å². The lowest BCUT2D eigenvalue weighted by Crippen LogP contribution is -1.90. The fraction of sp³-hybridized carbons (Fsp3) is 0. The molecule has 4 bridgehead atoms. The smallest absolute Gasteiger partial charge is 0.00141 e. The molecule has 0 aliphatic rings. The van der Waals surface area contributed by atoms with Gasteiger partial charge in [-0.3, -0.25) is 0 Å². The molecule has 0 N–H and O–H groups in total. The maximum atomic E-state index is 2.42. The van der Waals surface area contributed by atoms with Crippen LogP contribution < -0.4 is 0 Å². The zero-order valence-electron chi connectivity index (χ0n) is 16.2. The van der Waals surface area contributed by atoms with Crippen LogP contribution in [0.4, 0.5) is 0 Å². The van der Waals surface area contributed by atoms with Crippen LogP contribution in [0.5, 0.6) is 0 Å². The van der Waals surface area contributed by atoms with Crippen molar-refractivity contribution in [2.24, 2.45) is 0 Å². The van der Waals surface area contributed by atoms with Crippen LogP contribution in [-0.2, 0) is 0 Å². The Morgan fingerprint density at radius 2 is 0.633 bits per heavy atom. The summed E-state index contributed by atoms with van der Waals surface area (Å²) < 4.78 is 0. The molecule has 10 aromatic carbocycles. The van der Waals surface area contributed by atoms with Crippen molar-refractivity contribution >= 4 is 75.4 Å². The second kappa shape index (κ2) is 4.98. The summed E-state index contributed by atoms with van der Waals surface area (Å²) in [7, 11) is 0. The molecular formula is C30H16. The third-order valence-corrected chi connectivity index (χ3v) is 7.05. The van der Waals surface area contributed by atoms with Gasteiger partial charge in [0.05, 0.1) is 0 Å². The first-order valence-electron chi connectivity index (χ1n) is 10.5. The van der Waals surface area contributed by atoms with Gasteiger partial charge in [-0.05, 0) is 99.7 Å². The van der Waals surface area contributed by atoms with Crippen LogP contribution in [0.1, 0.15) is 0 Å². The van der Waals surface area contributed by atoms with Gasteiger partial charge in [-0.1, -0.05) is 72.8 Å². The van der Waals surface area contributed by atoms with Crippen molar-refractivity contribution in [2.45, 2.75) is 0 Å². The van der Waals surface area contributed by atoms with Gasteiger partial charge in [-0.15, -0.1) is 0 Å². The summed E-state index contributed by atoms with van der Waals surface area (Å²) in [6.07, 6.45) is 0. The van der Waals surface area contributed by atoms with Crippen LogP contribution in [-0.4, -0.2) is 0 Å². The van der Waals surface area contributed by atoms with E-state index in [9.17, 15) is 0 Å². The maximum absolute atomic E-state index is 2.42. The van der Waals surface area contributed by atoms with Crippen molar-refractivity contribution in [2.75, 3.05) is 0 Å². The highest BCUT2D eigenvalue weighted by Crippen LogP contribution is 2.46. The maximum Gasteiger partial charge on any atom is -0.00141 e. The van der Waals surface area contributed by atoms with E-state index in [1.807, 2.05) is 0 Å². The fourth-order valence-corrected chi connectivity index (χ4v) is 5.71. The van der Waals surface area contributed by atoms with E-state index in [1.165, 1.54) is 75.4 Å². The molecule has 0 atom stereocenters. The van der Waals surface area contributed by atoms with Crippen molar-refractivity contribution < 1.29 is 0 Å². The molecule has 0 heterocycles. The van der Waals surface area contributed by atoms with Crippen molar-refractivity contribution in [3.63, 3.8) is 0 Å². The Kier molecular flexibility index (Phi) is 2.49. The second-order valence-electron chi connectivity index (χ2n) is 8.60. The van der Waals surface area contributed by atoms with E-state index < -0.39 is 0 Å². The highest BCUT2D eigenvalue weighted by Gasteiger charge is 2.17. The SMILES string of the molecule is c1ccc2cc3cc4c(cc3cc2c1)c1c2ccc(cc2)c1c1c2ccc(cc2)c41. The molecule has 0 heteroatoms. The summed E-state index contributed by atoms with van der Waals surface area (Å²) in [5.41, 5.74) is 0. The number of hydrogen-bond donors (Lipinski definition) is 0. The highest BCUT2D eigenvalue weighted by atomic mass is 14.2. The molecule has 0 radical (unpaired) electrons. The van der Waals surface area contributed by atoms with Gasteiger partial charge in [0, 0.05) is 0 Å². The molecule has 0 aliphatic carbocycles. The predicted molar refractivity (Wildman–Crippen MR) is 131 cm³/mol. The number of fused-ring (bicyclic) bond motifs is 7.